The summed E-state index contributed by atoms with van der Waals surface area (Å²) in [5.41, 5.74) is 9.08. The fourth-order valence-corrected chi connectivity index (χ4v) is 2.01. The Morgan fingerprint density at radius 1 is 1.31 bits per heavy atom. The molecule has 0 radical (unpaired) electrons. The first-order valence-electron chi connectivity index (χ1n) is 5.82. The second kappa shape index (κ2) is 4.46. The van der Waals surface area contributed by atoms with Crippen molar-refractivity contribution in [1.29, 1.82) is 0 Å². The van der Waals surface area contributed by atoms with E-state index in [0.29, 0.717) is 18.1 Å². The summed E-state index contributed by atoms with van der Waals surface area (Å²) >= 11 is 0. The fourth-order valence-electron chi connectivity index (χ4n) is 2.01. The molecule has 0 saturated carbocycles. The van der Waals surface area contributed by atoms with E-state index in [1.807, 2.05) is 26.8 Å². The summed E-state index contributed by atoms with van der Waals surface area (Å²) < 4.78 is 0. The van der Waals surface area contributed by atoms with E-state index in [1.165, 1.54) is 5.56 Å². The number of benzene rings is 1. The van der Waals surface area contributed by atoms with Crippen LogP contribution in [0.3, 0.4) is 0 Å². The Labute approximate surface area is 98.5 Å². The Hall–Kier alpha value is -1.02. The average Bonchev–Trinajstić information content (AvgIpc) is 2.07. The molecule has 90 valence electrons. The van der Waals surface area contributed by atoms with Crippen LogP contribution in [0.25, 0.3) is 0 Å². The van der Waals surface area contributed by atoms with E-state index in [-0.39, 0.29) is 5.54 Å². The summed E-state index contributed by atoms with van der Waals surface area (Å²) in [5, 5.41) is 9.91. The smallest absolute Gasteiger partial charge is 0.119 e. The molecule has 0 fully saturated rings. The Kier molecular flexibility index (Phi) is 3.64. The highest BCUT2D eigenvalue weighted by atomic mass is 16.3. The molecule has 1 aromatic carbocycles. The molecule has 0 atom stereocenters. The highest BCUT2D eigenvalue weighted by Gasteiger charge is 2.16. The van der Waals surface area contributed by atoms with E-state index in [4.69, 9.17) is 5.73 Å². The van der Waals surface area contributed by atoms with Gasteiger partial charge in [-0.2, -0.15) is 0 Å². The molecule has 16 heavy (non-hydrogen) atoms. The lowest BCUT2D eigenvalue weighted by Gasteiger charge is -2.21. The molecule has 0 unspecified atom stereocenters. The second-order valence-corrected chi connectivity index (χ2v) is 5.66. The van der Waals surface area contributed by atoms with Gasteiger partial charge in [0.1, 0.15) is 5.75 Å². The van der Waals surface area contributed by atoms with Crippen molar-refractivity contribution >= 4 is 0 Å². The lowest BCUT2D eigenvalue weighted by atomic mass is 9.90. The molecule has 2 heteroatoms. The number of aryl methyl sites for hydroxylation is 1. The van der Waals surface area contributed by atoms with Crippen molar-refractivity contribution in [2.45, 2.75) is 52.5 Å². The molecular weight excluding hydrogens is 198 g/mol. The van der Waals surface area contributed by atoms with Gasteiger partial charge in [-0.05, 0) is 55.9 Å². The molecule has 0 saturated heterocycles. The monoisotopic (exact) mass is 221 g/mol. The van der Waals surface area contributed by atoms with Crippen molar-refractivity contribution in [2.75, 3.05) is 0 Å². The molecule has 3 N–H and O–H groups in total. The summed E-state index contributed by atoms with van der Waals surface area (Å²) in [7, 11) is 0. The number of aromatic hydroxyl groups is 1. The minimum absolute atomic E-state index is 0.291. The summed E-state index contributed by atoms with van der Waals surface area (Å²) in [6, 6.07) is 3.93. The Morgan fingerprint density at radius 3 is 2.31 bits per heavy atom. The minimum Gasteiger partial charge on any atom is -0.508 e. The van der Waals surface area contributed by atoms with Gasteiger partial charge in [0.2, 0.25) is 0 Å². The zero-order valence-electron chi connectivity index (χ0n) is 11.0. The number of hydrogen-bond donors (Lipinski definition) is 2. The Bertz CT molecular complexity index is 375. The molecule has 0 heterocycles. The van der Waals surface area contributed by atoms with E-state index in [9.17, 15) is 5.11 Å². The molecule has 2 nitrogen and oxygen atoms in total. The third-order valence-electron chi connectivity index (χ3n) is 2.74. The van der Waals surface area contributed by atoms with Gasteiger partial charge in [-0.15, -0.1) is 0 Å². The Morgan fingerprint density at radius 2 is 1.88 bits per heavy atom. The number of hydrogen-bond acceptors (Lipinski definition) is 2. The molecule has 0 aromatic heterocycles. The standard InChI is InChI=1S/C14H23NO/c1-9(2)12-7-11(8-14(4,5)15)13(16)6-10(12)3/h6-7,9,16H,8,15H2,1-5H3. The second-order valence-electron chi connectivity index (χ2n) is 5.66. The van der Waals surface area contributed by atoms with E-state index in [2.05, 4.69) is 19.9 Å². The summed E-state index contributed by atoms with van der Waals surface area (Å²) in [6.45, 7) is 10.3. The number of phenols is 1. The number of nitrogens with two attached hydrogens (primary N) is 1. The largest absolute Gasteiger partial charge is 0.508 e. The molecule has 0 spiro atoms. The molecular formula is C14H23NO. The van der Waals surface area contributed by atoms with Gasteiger partial charge in [0, 0.05) is 5.54 Å². The molecule has 1 rings (SSSR count). The highest BCUT2D eigenvalue weighted by molar-refractivity contribution is 5.43. The van der Waals surface area contributed by atoms with Gasteiger partial charge in [0.15, 0.2) is 0 Å². The predicted octanol–water partition coefficient (Wildman–Crippen LogP) is 3.10. The van der Waals surface area contributed by atoms with Crippen LogP contribution < -0.4 is 5.73 Å². The SMILES string of the molecule is Cc1cc(O)c(CC(C)(C)N)cc1C(C)C. The lowest BCUT2D eigenvalue weighted by molar-refractivity contribution is 0.449. The Balaban J connectivity index is 3.15. The molecule has 0 aliphatic heterocycles. The maximum Gasteiger partial charge on any atom is 0.119 e. The number of phenolic OH excluding ortho intramolecular Hbond substituents is 1. The summed E-state index contributed by atoms with van der Waals surface area (Å²) in [6.07, 6.45) is 0.693. The molecule has 0 aliphatic carbocycles. The fraction of sp³-hybridized carbons (Fsp3) is 0.571. The van der Waals surface area contributed by atoms with Crippen LogP contribution in [0.15, 0.2) is 12.1 Å². The van der Waals surface area contributed by atoms with Gasteiger partial charge >= 0.3 is 0 Å². The van der Waals surface area contributed by atoms with Crippen LogP contribution in [0.2, 0.25) is 0 Å². The molecule has 1 aromatic rings. The van der Waals surface area contributed by atoms with Crippen molar-refractivity contribution in [3.8, 4) is 5.75 Å². The average molecular weight is 221 g/mol. The zero-order valence-corrected chi connectivity index (χ0v) is 11.0. The van der Waals surface area contributed by atoms with Gasteiger partial charge in [0.25, 0.3) is 0 Å². The van der Waals surface area contributed by atoms with E-state index in [1.54, 1.807) is 0 Å². The van der Waals surface area contributed by atoms with Crippen molar-refractivity contribution < 1.29 is 5.11 Å². The van der Waals surface area contributed by atoms with Crippen LogP contribution in [0.5, 0.6) is 5.75 Å². The topological polar surface area (TPSA) is 46.2 Å². The first-order chi connectivity index (χ1) is 7.20. The maximum atomic E-state index is 9.91. The van der Waals surface area contributed by atoms with Gasteiger partial charge in [-0.1, -0.05) is 19.9 Å². The zero-order chi connectivity index (χ0) is 12.5. The third kappa shape index (κ3) is 3.24. The summed E-state index contributed by atoms with van der Waals surface area (Å²) in [4.78, 5) is 0. The van der Waals surface area contributed by atoms with Crippen LogP contribution >= 0.6 is 0 Å². The van der Waals surface area contributed by atoms with E-state index < -0.39 is 0 Å². The van der Waals surface area contributed by atoms with Crippen molar-refractivity contribution in [3.63, 3.8) is 0 Å². The van der Waals surface area contributed by atoms with Crippen molar-refractivity contribution in [1.82, 2.24) is 0 Å². The molecule has 0 aliphatic rings. The van der Waals surface area contributed by atoms with Gasteiger partial charge < -0.3 is 10.8 Å². The van der Waals surface area contributed by atoms with Crippen LogP contribution in [-0.4, -0.2) is 10.6 Å². The first-order valence-corrected chi connectivity index (χ1v) is 5.82. The van der Waals surface area contributed by atoms with E-state index >= 15 is 0 Å². The van der Waals surface area contributed by atoms with Crippen LogP contribution in [0.1, 0.15) is 50.3 Å². The maximum absolute atomic E-state index is 9.91. The van der Waals surface area contributed by atoms with Gasteiger partial charge in [-0.25, -0.2) is 0 Å². The number of rotatable bonds is 3. The summed E-state index contributed by atoms with van der Waals surface area (Å²) in [5.74, 6) is 0.834. The lowest BCUT2D eigenvalue weighted by Crippen LogP contribution is -2.34. The van der Waals surface area contributed by atoms with Gasteiger partial charge in [-0.3, -0.25) is 0 Å². The van der Waals surface area contributed by atoms with Crippen LogP contribution in [0.4, 0.5) is 0 Å². The van der Waals surface area contributed by atoms with E-state index in [0.717, 1.165) is 11.1 Å². The van der Waals surface area contributed by atoms with Crippen LogP contribution in [0, 0.1) is 6.92 Å². The first kappa shape index (κ1) is 13.0. The molecule has 0 amide bonds. The minimum atomic E-state index is -0.291. The third-order valence-corrected chi connectivity index (χ3v) is 2.74. The normalized spacial score (nSPS) is 12.2. The quantitative estimate of drug-likeness (QED) is 0.824. The van der Waals surface area contributed by atoms with Gasteiger partial charge in [0.05, 0.1) is 0 Å². The van der Waals surface area contributed by atoms with Crippen molar-refractivity contribution in [3.05, 3.63) is 28.8 Å². The predicted molar refractivity (Wildman–Crippen MR) is 68.9 cm³/mol. The van der Waals surface area contributed by atoms with Crippen LogP contribution in [-0.2, 0) is 6.42 Å². The highest BCUT2D eigenvalue weighted by Crippen LogP contribution is 2.29. The van der Waals surface area contributed by atoms with Crippen molar-refractivity contribution in [2.24, 2.45) is 5.73 Å². The molecule has 0 bridgehead atoms.